The zero-order valence-corrected chi connectivity index (χ0v) is 9.70. The number of benzene rings is 1. The molecule has 2 rings (SSSR count). The van der Waals surface area contributed by atoms with Crippen LogP contribution in [0, 0.1) is 0 Å². The van der Waals surface area contributed by atoms with Crippen molar-refractivity contribution in [3.8, 4) is 5.69 Å². The molecule has 0 spiro atoms. The Morgan fingerprint density at radius 1 is 1.50 bits per heavy atom. The van der Waals surface area contributed by atoms with Gasteiger partial charge in [0, 0.05) is 0 Å². The number of carbonyl (C=O) groups excluding carboxylic acids is 1. The fourth-order valence-corrected chi connectivity index (χ4v) is 1.71. The van der Waals surface area contributed by atoms with Crippen molar-refractivity contribution < 1.29 is 14.7 Å². The zero-order chi connectivity index (χ0) is 13.1. The number of hydrogen-bond acceptors (Lipinski definition) is 4. The third-order valence-electron chi connectivity index (χ3n) is 2.58. The topological polar surface area (TPSA) is 85.1 Å². The third kappa shape index (κ3) is 2.00. The van der Waals surface area contributed by atoms with Gasteiger partial charge in [0.1, 0.15) is 5.69 Å². The third-order valence-corrected chi connectivity index (χ3v) is 2.58. The fourth-order valence-electron chi connectivity index (χ4n) is 1.71. The molecule has 0 aliphatic carbocycles. The highest BCUT2D eigenvalue weighted by molar-refractivity contribution is 5.88. The van der Waals surface area contributed by atoms with Gasteiger partial charge in [-0.15, -0.1) is 5.10 Å². The molecule has 0 atom stereocenters. The Bertz CT molecular complexity index is 604. The maximum atomic E-state index is 10.9. The van der Waals surface area contributed by atoms with Gasteiger partial charge in [0.25, 0.3) is 0 Å². The van der Waals surface area contributed by atoms with E-state index >= 15 is 0 Å². The number of aldehydes is 1. The van der Waals surface area contributed by atoms with Crippen molar-refractivity contribution in [1.82, 2.24) is 15.0 Å². The SMILES string of the molecule is CCc1c(C=O)nnn1-c1cccc(C(=O)O)c1. The first-order valence-electron chi connectivity index (χ1n) is 5.40. The number of carboxylic acids is 1. The average Bonchev–Trinajstić information content (AvgIpc) is 2.81. The Balaban J connectivity index is 2.54. The van der Waals surface area contributed by atoms with E-state index < -0.39 is 5.97 Å². The average molecular weight is 245 g/mol. The lowest BCUT2D eigenvalue weighted by Crippen LogP contribution is -2.04. The first-order chi connectivity index (χ1) is 8.67. The summed E-state index contributed by atoms with van der Waals surface area (Å²) >= 11 is 0. The van der Waals surface area contributed by atoms with Crippen LogP contribution in [-0.4, -0.2) is 32.4 Å². The summed E-state index contributed by atoms with van der Waals surface area (Å²) in [5.74, 6) is -1.01. The van der Waals surface area contributed by atoms with Gasteiger partial charge < -0.3 is 5.11 Å². The second kappa shape index (κ2) is 4.79. The summed E-state index contributed by atoms with van der Waals surface area (Å²) in [4.78, 5) is 21.7. The van der Waals surface area contributed by atoms with Gasteiger partial charge in [-0.25, -0.2) is 9.48 Å². The van der Waals surface area contributed by atoms with Gasteiger partial charge >= 0.3 is 5.97 Å². The minimum absolute atomic E-state index is 0.165. The van der Waals surface area contributed by atoms with Crippen molar-refractivity contribution >= 4 is 12.3 Å². The highest BCUT2D eigenvalue weighted by Crippen LogP contribution is 2.14. The van der Waals surface area contributed by atoms with Crippen LogP contribution in [-0.2, 0) is 6.42 Å². The van der Waals surface area contributed by atoms with Crippen molar-refractivity contribution in [1.29, 1.82) is 0 Å². The summed E-state index contributed by atoms with van der Waals surface area (Å²) in [6, 6.07) is 6.33. The Morgan fingerprint density at radius 3 is 2.89 bits per heavy atom. The number of nitrogens with zero attached hydrogens (tertiary/aromatic N) is 3. The van der Waals surface area contributed by atoms with E-state index in [2.05, 4.69) is 10.3 Å². The van der Waals surface area contributed by atoms with Gasteiger partial charge in [0.2, 0.25) is 0 Å². The molecule has 0 bridgehead atoms. The lowest BCUT2D eigenvalue weighted by atomic mass is 10.2. The molecule has 92 valence electrons. The molecular weight excluding hydrogens is 234 g/mol. The largest absolute Gasteiger partial charge is 0.478 e. The highest BCUT2D eigenvalue weighted by Gasteiger charge is 2.13. The molecule has 6 nitrogen and oxygen atoms in total. The first-order valence-corrected chi connectivity index (χ1v) is 5.40. The lowest BCUT2D eigenvalue weighted by Gasteiger charge is -2.05. The molecule has 0 unspecified atom stereocenters. The predicted octanol–water partition coefficient (Wildman–Crippen LogP) is 1.34. The number of hydrogen-bond donors (Lipinski definition) is 1. The molecule has 0 saturated carbocycles. The van der Waals surface area contributed by atoms with Crippen LogP contribution in [0.1, 0.15) is 33.5 Å². The van der Waals surface area contributed by atoms with E-state index in [1.165, 1.54) is 16.8 Å². The maximum absolute atomic E-state index is 10.9. The van der Waals surface area contributed by atoms with Crippen LogP contribution in [0.25, 0.3) is 5.69 Å². The molecule has 1 aromatic heterocycles. The van der Waals surface area contributed by atoms with Crippen molar-refractivity contribution in [3.05, 3.63) is 41.2 Å². The molecule has 1 heterocycles. The smallest absolute Gasteiger partial charge is 0.335 e. The number of carbonyl (C=O) groups is 2. The fraction of sp³-hybridized carbons (Fsp3) is 0.167. The van der Waals surface area contributed by atoms with E-state index in [9.17, 15) is 9.59 Å². The van der Waals surface area contributed by atoms with Gasteiger partial charge in [-0.3, -0.25) is 4.79 Å². The van der Waals surface area contributed by atoms with Crippen LogP contribution in [0.15, 0.2) is 24.3 Å². The van der Waals surface area contributed by atoms with Crippen molar-refractivity contribution in [3.63, 3.8) is 0 Å². The molecule has 0 amide bonds. The first kappa shape index (κ1) is 12.0. The van der Waals surface area contributed by atoms with Crippen LogP contribution in [0.5, 0.6) is 0 Å². The van der Waals surface area contributed by atoms with Crippen LogP contribution >= 0.6 is 0 Å². The van der Waals surface area contributed by atoms with Crippen LogP contribution in [0.4, 0.5) is 0 Å². The number of rotatable bonds is 4. The molecular formula is C12H11N3O3. The molecule has 0 saturated heterocycles. The van der Waals surface area contributed by atoms with E-state index in [1.54, 1.807) is 12.1 Å². The van der Waals surface area contributed by atoms with Crippen LogP contribution in [0.3, 0.4) is 0 Å². The number of aromatic carboxylic acids is 1. The van der Waals surface area contributed by atoms with Crippen LogP contribution in [0.2, 0.25) is 0 Å². The number of carboxylic acid groups (broad SMARTS) is 1. The summed E-state index contributed by atoms with van der Waals surface area (Å²) in [6.45, 7) is 1.88. The van der Waals surface area contributed by atoms with E-state index in [1.807, 2.05) is 6.92 Å². The summed E-state index contributed by atoms with van der Waals surface area (Å²) in [5.41, 5.74) is 1.68. The van der Waals surface area contributed by atoms with Gasteiger partial charge in [0.15, 0.2) is 6.29 Å². The molecule has 0 radical (unpaired) electrons. The Hall–Kier alpha value is -2.50. The monoisotopic (exact) mass is 245 g/mol. The van der Waals surface area contributed by atoms with Gasteiger partial charge in [-0.2, -0.15) is 0 Å². The summed E-state index contributed by atoms with van der Waals surface area (Å²) in [7, 11) is 0. The Labute approximate surface area is 103 Å². The van der Waals surface area contributed by atoms with Gasteiger partial charge in [-0.1, -0.05) is 18.2 Å². The highest BCUT2D eigenvalue weighted by atomic mass is 16.4. The second-order valence-corrected chi connectivity index (χ2v) is 3.66. The van der Waals surface area contributed by atoms with Crippen LogP contribution < -0.4 is 0 Å². The molecule has 6 heteroatoms. The Kier molecular flexibility index (Phi) is 3.18. The van der Waals surface area contributed by atoms with Gasteiger partial charge in [0.05, 0.1) is 16.9 Å². The maximum Gasteiger partial charge on any atom is 0.335 e. The molecule has 2 aromatic rings. The molecule has 18 heavy (non-hydrogen) atoms. The van der Waals surface area contributed by atoms with Crippen molar-refractivity contribution in [2.75, 3.05) is 0 Å². The minimum Gasteiger partial charge on any atom is -0.478 e. The van der Waals surface area contributed by atoms with E-state index in [4.69, 9.17) is 5.11 Å². The second-order valence-electron chi connectivity index (χ2n) is 3.66. The lowest BCUT2D eigenvalue weighted by molar-refractivity contribution is 0.0696. The normalized spacial score (nSPS) is 10.3. The molecule has 0 fully saturated rings. The van der Waals surface area contributed by atoms with Crippen molar-refractivity contribution in [2.24, 2.45) is 0 Å². The summed E-state index contributed by atoms with van der Waals surface area (Å²) in [5, 5.41) is 16.6. The number of aromatic nitrogens is 3. The summed E-state index contributed by atoms with van der Waals surface area (Å²) < 4.78 is 1.48. The summed E-state index contributed by atoms with van der Waals surface area (Å²) in [6.07, 6.45) is 1.22. The molecule has 1 N–H and O–H groups in total. The quantitative estimate of drug-likeness (QED) is 0.821. The van der Waals surface area contributed by atoms with E-state index in [0.29, 0.717) is 24.1 Å². The molecule has 0 aliphatic rings. The molecule has 1 aromatic carbocycles. The van der Waals surface area contributed by atoms with E-state index in [-0.39, 0.29) is 11.3 Å². The predicted molar refractivity (Wildman–Crippen MR) is 63.1 cm³/mol. The van der Waals surface area contributed by atoms with Crippen molar-refractivity contribution in [2.45, 2.75) is 13.3 Å². The molecule has 0 aliphatic heterocycles. The zero-order valence-electron chi connectivity index (χ0n) is 9.70. The van der Waals surface area contributed by atoms with E-state index in [0.717, 1.165) is 0 Å². The Morgan fingerprint density at radius 2 is 2.28 bits per heavy atom. The minimum atomic E-state index is -1.01. The van der Waals surface area contributed by atoms with Gasteiger partial charge in [-0.05, 0) is 24.6 Å². The standard InChI is InChI=1S/C12H11N3O3/c1-2-11-10(7-16)13-14-15(11)9-5-3-4-8(6-9)12(17)18/h3-7H,2H2,1H3,(H,17,18).